The molecule has 1 saturated heterocycles. The summed E-state index contributed by atoms with van der Waals surface area (Å²) in [6.45, 7) is 6.31. The molecule has 1 aliphatic rings. The fraction of sp³-hybridized carbons (Fsp3) is 0.364. The van der Waals surface area contributed by atoms with Gasteiger partial charge in [0.25, 0.3) is 0 Å². The van der Waals surface area contributed by atoms with Gasteiger partial charge >= 0.3 is 0 Å². The van der Waals surface area contributed by atoms with E-state index >= 15 is 0 Å². The molecule has 0 aliphatic carbocycles. The fourth-order valence-corrected chi connectivity index (χ4v) is 3.64. The fourth-order valence-electron chi connectivity index (χ4n) is 3.46. The topological polar surface area (TPSA) is 64.7 Å². The number of anilines is 3. The van der Waals surface area contributed by atoms with Crippen LogP contribution in [0.5, 0.6) is 0 Å². The van der Waals surface area contributed by atoms with Crippen molar-refractivity contribution in [3.8, 4) is 0 Å². The lowest BCUT2D eigenvalue weighted by Gasteiger charge is -2.36. The van der Waals surface area contributed by atoms with Gasteiger partial charge in [-0.3, -0.25) is 14.5 Å². The monoisotopic (exact) mass is 414 g/mol. The zero-order valence-electron chi connectivity index (χ0n) is 16.7. The van der Waals surface area contributed by atoms with Crippen LogP contribution in [0.3, 0.4) is 0 Å². The van der Waals surface area contributed by atoms with Crippen LogP contribution in [0.2, 0.25) is 5.02 Å². The number of carbonyl (C=O) groups is 2. The second kappa shape index (κ2) is 10.3. The first-order valence-corrected chi connectivity index (χ1v) is 10.3. The van der Waals surface area contributed by atoms with Gasteiger partial charge in [0.15, 0.2) is 0 Å². The quantitative estimate of drug-likeness (QED) is 0.722. The molecular weight excluding hydrogens is 388 g/mol. The molecule has 2 amide bonds. The molecule has 0 spiro atoms. The van der Waals surface area contributed by atoms with Gasteiger partial charge < -0.3 is 15.5 Å². The minimum atomic E-state index is -0.197. The Morgan fingerprint density at radius 2 is 1.69 bits per heavy atom. The van der Waals surface area contributed by atoms with Gasteiger partial charge in [-0.2, -0.15) is 0 Å². The zero-order valence-corrected chi connectivity index (χ0v) is 17.4. The largest absolute Gasteiger partial charge is 0.369 e. The number of para-hydroxylation sites is 1. The Kier molecular flexibility index (Phi) is 7.49. The van der Waals surface area contributed by atoms with E-state index in [9.17, 15) is 9.59 Å². The SMILES string of the molecule is CC(=O)Nc1ccc(Cl)cc1NC(=O)CCCN1CCN(c2ccccc2)CC1. The Hall–Kier alpha value is -2.57. The maximum Gasteiger partial charge on any atom is 0.224 e. The number of halogens is 1. The van der Waals surface area contributed by atoms with Crippen molar-refractivity contribution in [2.45, 2.75) is 19.8 Å². The number of rotatable bonds is 7. The van der Waals surface area contributed by atoms with Crippen LogP contribution in [-0.2, 0) is 9.59 Å². The number of nitrogens with one attached hydrogen (secondary N) is 2. The van der Waals surface area contributed by atoms with Gasteiger partial charge in [-0.1, -0.05) is 29.8 Å². The zero-order chi connectivity index (χ0) is 20.6. The molecule has 6 nitrogen and oxygen atoms in total. The molecule has 0 saturated carbocycles. The van der Waals surface area contributed by atoms with Crippen LogP contribution in [0, 0.1) is 0 Å². The van der Waals surface area contributed by atoms with Crippen LogP contribution < -0.4 is 15.5 Å². The number of hydrogen-bond donors (Lipinski definition) is 2. The van der Waals surface area contributed by atoms with Crippen molar-refractivity contribution in [3.63, 3.8) is 0 Å². The first-order valence-electron chi connectivity index (χ1n) is 9.90. The molecule has 29 heavy (non-hydrogen) atoms. The summed E-state index contributed by atoms with van der Waals surface area (Å²) in [7, 11) is 0. The first kappa shape index (κ1) is 21.1. The van der Waals surface area contributed by atoms with Gasteiger partial charge in [0.1, 0.15) is 0 Å². The molecule has 3 rings (SSSR count). The molecule has 1 heterocycles. The van der Waals surface area contributed by atoms with E-state index in [2.05, 4.69) is 44.7 Å². The number of piperazine rings is 1. The maximum atomic E-state index is 12.3. The van der Waals surface area contributed by atoms with Crippen LogP contribution in [0.1, 0.15) is 19.8 Å². The van der Waals surface area contributed by atoms with Crippen LogP contribution in [-0.4, -0.2) is 49.4 Å². The second-order valence-corrected chi connectivity index (χ2v) is 7.62. The molecule has 0 aromatic heterocycles. The molecule has 1 fully saturated rings. The molecule has 7 heteroatoms. The van der Waals surface area contributed by atoms with E-state index in [0.29, 0.717) is 22.8 Å². The number of benzene rings is 2. The van der Waals surface area contributed by atoms with Crippen molar-refractivity contribution >= 4 is 40.5 Å². The van der Waals surface area contributed by atoms with Gasteiger partial charge in [0, 0.05) is 50.2 Å². The molecule has 2 aromatic rings. The summed E-state index contributed by atoms with van der Waals surface area (Å²) >= 11 is 6.02. The lowest BCUT2D eigenvalue weighted by molar-refractivity contribution is -0.116. The van der Waals surface area contributed by atoms with E-state index in [1.165, 1.54) is 12.6 Å². The van der Waals surface area contributed by atoms with Gasteiger partial charge in [-0.05, 0) is 43.3 Å². The molecule has 0 atom stereocenters. The second-order valence-electron chi connectivity index (χ2n) is 7.19. The summed E-state index contributed by atoms with van der Waals surface area (Å²) in [5, 5.41) is 6.07. The summed E-state index contributed by atoms with van der Waals surface area (Å²) in [6, 6.07) is 15.5. The highest BCUT2D eigenvalue weighted by atomic mass is 35.5. The Labute approximate surface area is 176 Å². The predicted octanol–water partition coefficient (Wildman–Crippen LogP) is 3.84. The summed E-state index contributed by atoms with van der Waals surface area (Å²) in [4.78, 5) is 28.5. The highest BCUT2D eigenvalue weighted by molar-refractivity contribution is 6.31. The number of amides is 2. The smallest absolute Gasteiger partial charge is 0.224 e. The van der Waals surface area contributed by atoms with Crippen molar-refractivity contribution in [1.29, 1.82) is 0 Å². The Morgan fingerprint density at radius 3 is 2.38 bits per heavy atom. The van der Waals surface area contributed by atoms with E-state index < -0.39 is 0 Å². The molecule has 2 aromatic carbocycles. The lowest BCUT2D eigenvalue weighted by atomic mass is 10.2. The molecule has 0 unspecified atom stereocenters. The average molecular weight is 415 g/mol. The third-order valence-corrected chi connectivity index (χ3v) is 5.17. The first-order chi connectivity index (χ1) is 14.0. The van der Waals surface area contributed by atoms with Crippen LogP contribution in [0.4, 0.5) is 17.1 Å². The molecular formula is C22H27ClN4O2. The number of carbonyl (C=O) groups excluding carboxylic acids is 2. The van der Waals surface area contributed by atoms with Crippen molar-refractivity contribution < 1.29 is 9.59 Å². The van der Waals surface area contributed by atoms with Crippen LogP contribution in [0.15, 0.2) is 48.5 Å². The predicted molar refractivity (Wildman–Crippen MR) is 119 cm³/mol. The standard InChI is InChI=1S/C22H27ClN4O2/c1-17(28)24-20-10-9-18(23)16-21(20)25-22(29)8-5-11-26-12-14-27(15-13-26)19-6-3-2-4-7-19/h2-4,6-7,9-10,16H,5,8,11-15H2,1H3,(H,24,28)(H,25,29). The number of nitrogens with zero attached hydrogens (tertiary/aromatic N) is 2. The van der Waals surface area contributed by atoms with Gasteiger partial charge in [0.2, 0.25) is 11.8 Å². The van der Waals surface area contributed by atoms with Gasteiger partial charge in [0.05, 0.1) is 11.4 Å². The van der Waals surface area contributed by atoms with Crippen molar-refractivity contribution in [3.05, 3.63) is 53.6 Å². The van der Waals surface area contributed by atoms with Crippen LogP contribution in [0.25, 0.3) is 0 Å². The van der Waals surface area contributed by atoms with Gasteiger partial charge in [-0.25, -0.2) is 0 Å². The normalized spacial score (nSPS) is 14.5. The third-order valence-electron chi connectivity index (χ3n) is 4.94. The van der Waals surface area contributed by atoms with Crippen molar-refractivity contribution in [2.24, 2.45) is 0 Å². The van der Waals surface area contributed by atoms with E-state index in [0.717, 1.165) is 39.1 Å². The van der Waals surface area contributed by atoms with E-state index in [1.807, 2.05) is 6.07 Å². The Morgan fingerprint density at radius 1 is 0.966 bits per heavy atom. The third kappa shape index (κ3) is 6.48. The van der Waals surface area contributed by atoms with Crippen molar-refractivity contribution in [2.75, 3.05) is 48.3 Å². The molecule has 154 valence electrons. The van der Waals surface area contributed by atoms with E-state index in [-0.39, 0.29) is 11.8 Å². The molecule has 2 N–H and O–H groups in total. The van der Waals surface area contributed by atoms with Gasteiger partial charge in [-0.15, -0.1) is 0 Å². The summed E-state index contributed by atoms with van der Waals surface area (Å²) in [5.74, 6) is -0.278. The Balaban J connectivity index is 1.42. The summed E-state index contributed by atoms with van der Waals surface area (Å²) < 4.78 is 0. The van der Waals surface area contributed by atoms with E-state index in [1.54, 1.807) is 18.2 Å². The Bertz CT molecular complexity index is 836. The summed E-state index contributed by atoms with van der Waals surface area (Å²) in [5.41, 5.74) is 2.34. The van der Waals surface area contributed by atoms with Crippen LogP contribution >= 0.6 is 11.6 Å². The van der Waals surface area contributed by atoms with Crippen molar-refractivity contribution in [1.82, 2.24) is 4.90 Å². The van der Waals surface area contributed by atoms with E-state index in [4.69, 9.17) is 11.6 Å². The lowest BCUT2D eigenvalue weighted by Crippen LogP contribution is -2.46. The molecule has 1 aliphatic heterocycles. The molecule has 0 radical (unpaired) electrons. The minimum Gasteiger partial charge on any atom is -0.369 e. The maximum absolute atomic E-state index is 12.3. The molecule has 0 bridgehead atoms. The minimum absolute atomic E-state index is 0.0817. The highest BCUT2D eigenvalue weighted by Crippen LogP contribution is 2.26. The number of hydrogen-bond acceptors (Lipinski definition) is 4. The highest BCUT2D eigenvalue weighted by Gasteiger charge is 2.17. The average Bonchev–Trinajstić information content (AvgIpc) is 2.71. The summed E-state index contributed by atoms with van der Waals surface area (Å²) in [6.07, 6.45) is 1.21.